The first-order valence-corrected chi connectivity index (χ1v) is 9.03. The summed E-state index contributed by atoms with van der Waals surface area (Å²) in [5.74, 6) is -1.17. The summed E-state index contributed by atoms with van der Waals surface area (Å²) in [6.45, 7) is 3.27. The molecule has 2 N–H and O–H groups in total. The van der Waals surface area contributed by atoms with Gasteiger partial charge in [0.15, 0.2) is 6.61 Å². The molecule has 2 rings (SSSR count). The Hall–Kier alpha value is -3.06. The van der Waals surface area contributed by atoms with Gasteiger partial charge in [0, 0.05) is 10.6 Å². The SMILES string of the molecule is CCOc1ccccc1NC(=O)COC(=O)[C@H](C)NC(=O)c1ccc(Cl)cc1. The van der Waals surface area contributed by atoms with Crippen LogP contribution in [0.2, 0.25) is 5.02 Å². The van der Waals surface area contributed by atoms with Crippen LogP contribution >= 0.6 is 11.6 Å². The number of halogens is 1. The van der Waals surface area contributed by atoms with Crippen molar-refractivity contribution in [3.05, 3.63) is 59.1 Å². The van der Waals surface area contributed by atoms with Crippen molar-refractivity contribution in [2.24, 2.45) is 0 Å². The zero-order chi connectivity index (χ0) is 20.5. The van der Waals surface area contributed by atoms with Gasteiger partial charge in [-0.1, -0.05) is 23.7 Å². The van der Waals surface area contributed by atoms with E-state index in [1.807, 2.05) is 6.92 Å². The summed E-state index contributed by atoms with van der Waals surface area (Å²) >= 11 is 5.78. The van der Waals surface area contributed by atoms with Crippen molar-refractivity contribution in [2.45, 2.75) is 19.9 Å². The maximum atomic E-state index is 12.1. The van der Waals surface area contributed by atoms with Crippen molar-refractivity contribution >= 4 is 35.1 Å². The van der Waals surface area contributed by atoms with E-state index in [0.717, 1.165) is 0 Å². The molecule has 0 aliphatic carbocycles. The third kappa shape index (κ3) is 6.28. The molecule has 28 heavy (non-hydrogen) atoms. The predicted molar refractivity (Wildman–Crippen MR) is 106 cm³/mol. The molecule has 0 unspecified atom stereocenters. The molecule has 0 aliphatic heterocycles. The Morgan fingerprint density at radius 1 is 1.07 bits per heavy atom. The Kier molecular flexibility index (Phi) is 7.83. The van der Waals surface area contributed by atoms with Gasteiger partial charge in [0.25, 0.3) is 11.8 Å². The van der Waals surface area contributed by atoms with Gasteiger partial charge in [-0.25, -0.2) is 4.79 Å². The van der Waals surface area contributed by atoms with Crippen molar-refractivity contribution in [1.29, 1.82) is 0 Å². The third-order valence-electron chi connectivity index (χ3n) is 3.61. The van der Waals surface area contributed by atoms with Crippen molar-refractivity contribution < 1.29 is 23.9 Å². The van der Waals surface area contributed by atoms with Crippen molar-refractivity contribution in [2.75, 3.05) is 18.5 Å². The highest BCUT2D eigenvalue weighted by Gasteiger charge is 2.19. The van der Waals surface area contributed by atoms with Gasteiger partial charge in [-0.2, -0.15) is 0 Å². The van der Waals surface area contributed by atoms with Crippen LogP contribution in [0.5, 0.6) is 5.75 Å². The summed E-state index contributed by atoms with van der Waals surface area (Å²) < 4.78 is 10.4. The number of hydrogen-bond acceptors (Lipinski definition) is 5. The highest BCUT2D eigenvalue weighted by molar-refractivity contribution is 6.30. The van der Waals surface area contributed by atoms with Gasteiger partial charge < -0.3 is 20.1 Å². The van der Waals surface area contributed by atoms with Crippen LogP contribution in [-0.4, -0.2) is 37.0 Å². The molecule has 2 amide bonds. The zero-order valence-electron chi connectivity index (χ0n) is 15.5. The van der Waals surface area contributed by atoms with E-state index >= 15 is 0 Å². The molecule has 0 radical (unpaired) electrons. The number of anilines is 1. The molecule has 0 aromatic heterocycles. The number of esters is 1. The molecule has 1 atom stereocenters. The van der Waals surface area contributed by atoms with Crippen LogP contribution in [0.15, 0.2) is 48.5 Å². The van der Waals surface area contributed by atoms with Gasteiger partial charge in [-0.3, -0.25) is 9.59 Å². The van der Waals surface area contributed by atoms with Gasteiger partial charge in [-0.05, 0) is 50.2 Å². The highest BCUT2D eigenvalue weighted by atomic mass is 35.5. The smallest absolute Gasteiger partial charge is 0.328 e. The number of carbonyl (C=O) groups is 3. The number of nitrogens with one attached hydrogen (secondary N) is 2. The number of para-hydroxylation sites is 2. The van der Waals surface area contributed by atoms with E-state index < -0.39 is 30.4 Å². The van der Waals surface area contributed by atoms with Crippen LogP contribution in [0.25, 0.3) is 0 Å². The maximum Gasteiger partial charge on any atom is 0.328 e. The van der Waals surface area contributed by atoms with Gasteiger partial charge in [0.2, 0.25) is 0 Å². The molecule has 0 bridgehead atoms. The van der Waals surface area contributed by atoms with Crippen LogP contribution in [-0.2, 0) is 14.3 Å². The van der Waals surface area contributed by atoms with Crippen LogP contribution in [0.3, 0.4) is 0 Å². The normalized spacial score (nSPS) is 11.2. The molecule has 8 heteroatoms. The van der Waals surface area contributed by atoms with Crippen molar-refractivity contribution in [1.82, 2.24) is 5.32 Å². The molecule has 148 valence electrons. The molecule has 0 heterocycles. The van der Waals surface area contributed by atoms with Crippen LogP contribution in [0.4, 0.5) is 5.69 Å². The second-order valence-electron chi connectivity index (χ2n) is 5.79. The number of hydrogen-bond donors (Lipinski definition) is 2. The predicted octanol–water partition coefficient (Wildman–Crippen LogP) is 3.04. The van der Waals surface area contributed by atoms with Crippen molar-refractivity contribution in [3.8, 4) is 5.75 Å². The molecule has 0 fully saturated rings. The minimum atomic E-state index is -0.924. The third-order valence-corrected chi connectivity index (χ3v) is 3.87. The lowest BCUT2D eigenvalue weighted by Crippen LogP contribution is -2.40. The highest BCUT2D eigenvalue weighted by Crippen LogP contribution is 2.23. The Balaban J connectivity index is 1.83. The fourth-order valence-corrected chi connectivity index (χ4v) is 2.37. The van der Waals surface area contributed by atoms with E-state index in [1.165, 1.54) is 6.92 Å². The maximum absolute atomic E-state index is 12.1. The Labute approximate surface area is 168 Å². The second kappa shape index (κ2) is 10.3. The van der Waals surface area contributed by atoms with Crippen LogP contribution in [0.1, 0.15) is 24.2 Å². The van der Waals surface area contributed by atoms with Gasteiger partial charge >= 0.3 is 5.97 Å². The minimum absolute atomic E-state index is 0.356. The molecule has 7 nitrogen and oxygen atoms in total. The molecule has 0 saturated carbocycles. The molecular formula is C20H21ClN2O5. The summed E-state index contributed by atoms with van der Waals surface area (Å²) in [6, 6.07) is 12.2. The standard InChI is InChI=1S/C20H21ClN2O5/c1-3-27-17-7-5-4-6-16(17)23-18(24)12-28-20(26)13(2)22-19(25)14-8-10-15(21)11-9-14/h4-11,13H,3,12H2,1-2H3,(H,22,25)(H,23,24)/t13-/m0/s1. The van der Waals surface area contributed by atoms with E-state index in [0.29, 0.717) is 28.6 Å². The summed E-state index contributed by atoms with van der Waals surface area (Å²) in [6.07, 6.45) is 0. The molecule has 2 aromatic carbocycles. The van der Waals surface area contributed by atoms with Crippen LogP contribution in [0, 0.1) is 0 Å². The van der Waals surface area contributed by atoms with E-state index in [1.54, 1.807) is 48.5 Å². The Bertz CT molecular complexity index is 839. The number of carbonyl (C=O) groups excluding carboxylic acids is 3. The number of benzene rings is 2. The quantitative estimate of drug-likeness (QED) is 0.659. The first kappa shape index (κ1) is 21.2. The molecule has 0 aliphatic rings. The Morgan fingerprint density at radius 2 is 1.75 bits per heavy atom. The fourth-order valence-electron chi connectivity index (χ4n) is 2.24. The van der Waals surface area contributed by atoms with Crippen LogP contribution < -0.4 is 15.4 Å². The molecule has 2 aromatic rings. The van der Waals surface area contributed by atoms with Gasteiger partial charge in [0.05, 0.1) is 12.3 Å². The van der Waals surface area contributed by atoms with E-state index in [2.05, 4.69) is 10.6 Å². The first-order valence-electron chi connectivity index (χ1n) is 8.65. The largest absolute Gasteiger partial charge is 0.492 e. The van der Waals surface area contributed by atoms with E-state index in [4.69, 9.17) is 21.1 Å². The number of amides is 2. The number of ether oxygens (including phenoxy) is 2. The average Bonchev–Trinajstić information content (AvgIpc) is 2.68. The lowest BCUT2D eigenvalue weighted by Gasteiger charge is -2.14. The van der Waals surface area contributed by atoms with Gasteiger partial charge in [0.1, 0.15) is 11.8 Å². The van der Waals surface area contributed by atoms with Crippen molar-refractivity contribution in [3.63, 3.8) is 0 Å². The lowest BCUT2D eigenvalue weighted by atomic mass is 10.2. The monoisotopic (exact) mass is 404 g/mol. The van der Waals surface area contributed by atoms with E-state index in [9.17, 15) is 14.4 Å². The average molecular weight is 405 g/mol. The first-order chi connectivity index (χ1) is 13.4. The Morgan fingerprint density at radius 3 is 2.43 bits per heavy atom. The molecule has 0 saturated heterocycles. The summed E-state index contributed by atoms with van der Waals surface area (Å²) in [5.41, 5.74) is 0.837. The summed E-state index contributed by atoms with van der Waals surface area (Å²) in [5, 5.41) is 5.63. The fraction of sp³-hybridized carbons (Fsp3) is 0.250. The summed E-state index contributed by atoms with van der Waals surface area (Å²) in [7, 11) is 0. The minimum Gasteiger partial charge on any atom is -0.492 e. The number of rotatable bonds is 8. The molecular weight excluding hydrogens is 384 g/mol. The second-order valence-corrected chi connectivity index (χ2v) is 6.22. The van der Waals surface area contributed by atoms with E-state index in [-0.39, 0.29) is 0 Å². The lowest BCUT2D eigenvalue weighted by molar-refractivity contribution is -0.148. The zero-order valence-corrected chi connectivity index (χ0v) is 16.3. The summed E-state index contributed by atoms with van der Waals surface area (Å²) in [4.78, 5) is 36.1. The van der Waals surface area contributed by atoms with Gasteiger partial charge in [-0.15, -0.1) is 0 Å². The molecule has 0 spiro atoms. The topological polar surface area (TPSA) is 93.7 Å².